The number of aryl methyl sites for hydroxylation is 1. The third kappa shape index (κ3) is 3.80. The fourth-order valence-corrected chi connectivity index (χ4v) is 3.26. The van der Waals surface area contributed by atoms with E-state index in [-0.39, 0.29) is 18.2 Å². The second-order valence-corrected chi connectivity index (χ2v) is 6.69. The molecule has 0 bridgehead atoms. The van der Waals surface area contributed by atoms with Crippen LogP contribution >= 0.6 is 0 Å². The molecule has 8 heteroatoms. The standard InChI is InChI=1S/C20H21FN4O3/c1-10-16(9-14-13-8-12(21)5-6-15(13)25-19(14)27)24-11(2)18(10)20(28)23-7-3-4-17(22)26/h5-6,8-9,24H,3-4,7H2,1-2H3,(H2,22,26)(H,23,28)(H,25,27)/b14-9-. The number of carbonyl (C=O) groups is 3. The van der Waals surface area contributed by atoms with Gasteiger partial charge >= 0.3 is 0 Å². The first-order valence-corrected chi connectivity index (χ1v) is 8.86. The van der Waals surface area contributed by atoms with Gasteiger partial charge in [0.25, 0.3) is 11.8 Å². The van der Waals surface area contributed by atoms with E-state index in [1.54, 1.807) is 19.9 Å². The Balaban J connectivity index is 1.86. The van der Waals surface area contributed by atoms with Crippen molar-refractivity contribution in [2.45, 2.75) is 26.7 Å². The molecule has 1 aliphatic heterocycles. The molecule has 0 spiro atoms. The summed E-state index contributed by atoms with van der Waals surface area (Å²) >= 11 is 0. The quantitative estimate of drug-likeness (QED) is 0.452. The lowest BCUT2D eigenvalue weighted by Crippen LogP contribution is -2.26. The van der Waals surface area contributed by atoms with E-state index in [0.29, 0.717) is 52.3 Å². The Morgan fingerprint density at radius 1 is 1.29 bits per heavy atom. The summed E-state index contributed by atoms with van der Waals surface area (Å²) < 4.78 is 13.6. The Morgan fingerprint density at radius 2 is 2.04 bits per heavy atom. The first-order chi connectivity index (χ1) is 13.3. The van der Waals surface area contributed by atoms with Crippen LogP contribution in [-0.2, 0) is 9.59 Å². The van der Waals surface area contributed by atoms with Crippen molar-refractivity contribution < 1.29 is 18.8 Å². The van der Waals surface area contributed by atoms with Gasteiger partial charge in [-0.2, -0.15) is 0 Å². The van der Waals surface area contributed by atoms with E-state index in [1.165, 1.54) is 18.2 Å². The summed E-state index contributed by atoms with van der Waals surface area (Å²) in [6.07, 6.45) is 2.28. The number of hydrogen-bond acceptors (Lipinski definition) is 3. The van der Waals surface area contributed by atoms with Gasteiger partial charge in [0.2, 0.25) is 5.91 Å². The van der Waals surface area contributed by atoms with Gasteiger partial charge in [0.15, 0.2) is 0 Å². The number of carbonyl (C=O) groups excluding carboxylic acids is 3. The van der Waals surface area contributed by atoms with Gasteiger partial charge in [-0.15, -0.1) is 0 Å². The van der Waals surface area contributed by atoms with Gasteiger partial charge in [-0.25, -0.2) is 4.39 Å². The maximum absolute atomic E-state index is 13.6. The molecule has 0 unspecified atom stereocenters. The lowest BCUT2D eigenvalue weighted by molar-refractivity contribution is -0.118. The number of fused-ring (bicyclic) bond motifs is 1. The van der Waals surface area contributed by atoms with Crippen LogP contribution in [0.15, 0.2) is 18.2 Å². The number of rotatable bonds is 6. The predicted molar refractivity (Wildman–Crippen MR) is 104 cm³/mol. The second-order valence-electron chi connectivity index (χ2n) is 6.69. The van der Waals surface area contributed by atoms with Gasteiger partial charge in [-0.1, -0.05) is 0 Å². The maximum atomic E-state index is 13.6. The Kier molecular flexibility index (Phi) is 5.30. The average Bonchev–Trinajstić information content (AvgIpc) is 3.08. The molecule has 0 saturated carbocycles. The van der Waals surface area contributed by atoms with Crippen LogP contribution in [-0.4, -0.2) is 29.3 Å². The third-order valence-corrected chi connectivity index (χ3v) is 4.64. The zero-order valence-electron chi connectivity index (χ0n) is 15.6. The molecular formula is C20H21FN4O3. The molecule has 3 amide bonds. The number of anilines is 1. The molecule has 0 aliphatic carbocycles. The minimum atomic E-state index is -0.434. The van der Waals surface area contributed by atoms with Crippen LogP contribution in [0.5, 0.6) is 0 Å². The van der Waals surface area contributed by atoms with Gasteiger partial charge in [0, 0.05) is 35.6 Å². The molecule has 0 atom stereocenters. The number of H-pyrrole nitrogens is 1. The number of amides is 3. The normalized spacial score (nSPS) is 14.1. The van der Waals surface area contributed by atoms with E-state index < -0.39 is 11.7 Å². The largest absolute Gasteiger partial charge is 0.370 e. The van der Waals surface area contributed by atoms with Gasteiger partial charge in [0.1, 0.15) is 5.82 Å². The van der Waals surface area contributed by atoms with Crippen molar-refractivity contribution in [2.24, 2.45) is 5.73 Å². The van der Waals surface area contributed by atoms with Crippen LogP contribution in [0, 0.1) is 19.7 Å². The first-order valence-electron chi connectivity index (χ1n) is 8.86. The minimum Gasteiger partial charge on any atom is -0.370 e. The van der Waals surface area contributed by atoms with E-state index in [9.17, 15) is 18.8 Å². The summed E-state index contributed by atoms with van der Waals surface area (Å²) in [7, 11) is 0. The minimum absolute atomic E-state index is 0.202. The summed E-state index contributed by atoms with van der Waals surface area (Å²) in [4.78, 5) is 38.7. The number of aromatic amines is 1. The Morgan fingerprint density at radius 3 is 2.75 bits per heavy atom. The van der Waals surface area contributed by atoms with Crippen molar-refractivity contribution in [1.29, 1.82) is 0 Å². The summed E-state index contributed by atoms with van der Waals surface area (Å²) in [5.41, 5.74) is 8.84. The number of benzene rings is 1. The number of hydrogen-bond donors (Lipinski definition) is 4. The number of nitrogens with one attached hydrogen (secondary N) is 3. The molecule has 28 heavy (non-hydrogen) atoms. The average molecular weight is 384 g/mol. The molecular weight excluding hydrogens is 363 g/mol. The molecule has 0 fully saturated rings. The molecule has 3 rings (SSSR count). The Labute approximate surface area is 161 Å². The van der Waals surface area contributed by atoms with E-state index in [0.717, 1.165) is 0 Å². The molecule has 0 radical (unpaired) electrons. The van der Waals surface area contributed by atoms with Crippen molar-refractivity contribution in [3.05, 3.63) is 52.1 Å². The van der Waals surface area contributed by atoms with E-state index in [2.05, 4.69) is 15.6 Å². The molecule has 2 aromatic rings. The molecule has 1 aromatic carbocycles. The monoisotopic (exact) mass is 384 g/mol. The molecule has 0 saturated heterocycles. The highest BCUT2D eigenvalue weighted by Gasteiger charge is 2.26. The molecule has 146 valence electrons. The lowest BCUT2D eigenvalue weighted by Gasteiger charge is -2.05. The van der Waals surface area contributed by atoms with Crippen LogP contribution in [0.1, 0.15) is 45.7 Å². The van der Waals surface area contributed by atoms with Crippen LogP contribution in [0.4, 0.5) is 10.1 Å². The van der Waals surface area contributed by atoms with Crippen molar-refractivity contribution in [2.75, 3.05) is 11.9 Å². The first kappa shape index (κ1) is 19.3. The zero-order valence-corrected chi connectivity index (χ0v) is 15.6. The van der Waals surface area contributed by atoms with Crippen LogP contribution < -0.4 is 16.4 Å². The topological polar surface area (TPSA) is 117 Å². The van der Waals surface area contributed by atoms with E-state index in [1.807, 2.05) is 0 Å². The number of halogens is 1. The summed E-state index contributed by atoms with van der Waals surface area (Å²) in [6, 6.07) is 4.10. The lowest BCUT2D eigenvalue weighted by atomic mass is 10.0. The second kappa shape index (κ2) is 7.67. The third-order valence-electron chi connectivity index (χ3n) is 4.64. The molecule has 2 heterocycles. The predicted octanol–water partition coefficient (Wildman–Crippen LogP) is 2.26. The van der Waals surface area contributed by atoms with E-state index >= 15 is 0 Å². The van der Waals surface area contributed by atoms with E-state index in [4.69, 9.17) is 5.73 Å². The van der Waals surface area contributed by atoms with Crippen LogP contribution in [0.2, 0.25) is 0 Å². The van der Waals surface area contributed by atoms with Crippen molar-refractivity contribution >= 4 is 35.1 Å². The smallest absolute Gasteiger partial charge is 0.256 e. The SMILES string of the molecule is Cc1[nH]c(/C=C2\C(=O)Nc3ccc(F)cc32)c(C)c1C(=O)NCCCC(N)=O. The number of primary amides is 1. The molecule has 5 N–H and O–H groups in total. The molecule has 1 aliphatic rings. The van der Waals surface area contributed by atoms with Crippen molar-refractivity contribution in [1.82, 2.24) is 10.3 Å². The Hall–Kier alpha value is -3.42. The number of nitrogens with two attached hydrogens (primary N) is 1. The highest BCUT2D eigenvalue weighted by Crippen LogP contribution is 2.34. The fourth-order valence-electron chi connectivity index (χ4n) is 3.26. The van der Waals surface area contributed by atoms with Gasteiger partial charge in [0.05, 0.1) is 11.1 Å². The van der Waals surface area contributed by atoms with Crippen LogP contribution in [0.3, 0.4) is 0 Å². The summed E-state index contributed by atoms with van der Waals surface area (Å²) in [5.74, 6) is -1.45. The van der Waals surface area contributed by atoms with Crippen molar-refractivity contribution in [3.8, 4) is 0 Å². The highest BCUT2D eigenvalue weighted by molar-refractivity contribution is 6.34. The highest BCUT2D eigenvalue weighted by atomic mass is 19.1. The van der Waals surface area contributed by atoms with Crippen LogP contribution in [0.25, 0.3) is 11.6 Å². The zero-order chi connectivity index (χ0) is 20.4. The van der Waals surface area contributed by atoms with Crippen molar-refractivity contribution in [3.63, 3.8) is 0 Å². The van der Waals surface area contributed by atoms with Gasteiger partial charge < -0.3 is 21.4 Å². The fraction of sp³-hybridized carbons (Fsp3) is 0.250. The molecule has 1 aromatic heterocycles. The molecule has 7 nitrogen and oxygen atoms in total. The summed E-state index contributed by atoms with van der Waals surface area (Å²) in [5, 5.41) is 5.46. The van der Waals surface area contributed by atoms with Gasteiger partial charge in [-0.05, 0) is 50.1 Å². The maximum Gasteiger partial charge on any atom is 0.256 e. The summed E-state index contributed by atoms with van der Waals surface area (Å²) in [6.45, 7) is 3.86. The number of aromatic nitrogens is 1. The Bertz CT molecular complexity index is 1010. The van der Waals surface area contributed by atoms with Gasteiger partial charge in [-0.3, -0.25) is 14.4 Å².